The Bertz CT molecular complexity index is 2290. The van der Waals surface area contributed by atoms with Crippen molar-refractivity contribution in [2.75, 3.05) is 4.90 Å². The summed E-state index contributed by atoms with van der Waals surface area (Å²) in [7, 11) is 0. The maximum absolute atomic E-state index is 5.60. The van der Waals surface area contributed by atoms with E-state index in [2.05, 4.69) is 162 Å². The predicted molar refractivity (Wildman–Crippen MR) is 212 cm³/mol. The number of fused-ring (bicyclic) bond motifs is 8. The molecule has 0 amide bonds. The second-order valence-corrected chi connectivity index (χ2v) is 19.0. The summed E-state index contributed by atoms with van der Waals surface area (Å²) in [6, 6.07) is 22.2. The van der Waals surface area contributed by atoms with Gasteiger partial charge >= 0.3 is 0 Å². The summed E-state index contributed by atoms with van der Waals surface area (Å²) in [4.78, 5) is 24.4. The number of anilines is 3. The van der Waals surface area contributed by atoms with E-state index in [1.807, 2.05) is 6.20 Å². The largest absolute Gasteiger partial charge is 0.308 e. The number of para-hydroxylation sites is 2. The van der Waals surface area contributed by atoms with E-state index >= 15 is 0 Å². The first kappa shape index (κ1) is 34.1. The molecule has 0 unspecified atom stereocenters. The molecule has 5 heteroatoms. The lowest BCUT2D eigenvalue weighted by atomic mass is 9.73. The number of nitrogens with zero attached hydrogens (tertiary/aromatic N) is 5. The van der Waals surface area contributed by atoms with Gasteiger partial charge in [0.1, 0.15) is 0 Å². The molecule has 5 nitrogen and oxygen atoms in total. The standard InChI is InChI=1S/C45H53N5/c1-41(2,3)31-24-28-35(47-38(31)42(4,5)6)34-27(36-37(28)49-40(44(10,11)12)39(48-36)43(7,8)9)23-26(25-46-34)50-32-21-17-15-19-29(32)45(13,14)30-20-16-18-22-33(30)50/h15-25H,1-14H3. The summed E-state index contributed by atoms with van der Waals surface area (Å²) in [5.41, 5.74) is 13.0. The van der Waals surface area contributed by atoms with Gasteiger partial charge in [-0.2, -0.15) is 0 Å². The van der Waals surface area contributed by atoms with Crippen LogP contribution in [0.15, 0.2) is 66.9 Å². The van der Waals surface area contributed by atoms with Gasteiger partial charge in [-0.25, -0.2) is 15.0 Å². The molecule has 0 bridgehead atoms. The smallest absolute Gasteiger partial charge is 0.0993 e. The molecule has 0 spiro atoms. The highest BCUT2D eigenvalue weighted by Gasteiger charge is 2.37. The van der Waals surface area contributed by atoms with E-state index in [9.17, 15) is 0 Å². The second kappa shape index (κ2) is 10.8. The third-order valence-corrected chi connectivity index (χ3v) is 10.4. The molecule has 7 rings (SSSR count). The molecule has 258 valence electrons. The van der Waals surface area contributed by atoms with Gasteiger partial charge in [0.2, 0.25) is 0 Å². The molecule has 50 heavy (non-hydrogen) atoms. The second-order valence-electron chi connectivity index (χ2n) is 19.0. The average Bonchev–Trinajstić information content (AvgIpc) is 3.02. The maximum atomic E-state index is 5.60. The number of pyridine rings is 2. The van der Waals surface area contributed by atoms with E-state index < -0.39 is 0 Å². The summed E-state index contributed by atoms with van der Waals surface area (Å²) in [5, 5.41) is 1.98. The van der Waals surface area contributed by atoms with Crippen LogP contribution in [-0.2, 0) is 27.1 Å². The molecular weight excluding hydrogens is 611 g/mol. The van der Waals surface area contributed by atoms with E-state index in [-0.39, 0.29) is 27.1 Å². The minimum absolute atomic E-state index is 0.114. The SMILES string of the molecule is CC(C)(C)c1cc2c(nc1C(C)(C)C)c1ncc(N3c4ccccc4C(C)(C)c4ccccc43)cc1c1nc(C(C)(C)C)c(C(C)(C)C)nc21. The summed E-state index contributed by atoms with van der Waals surface area (Å²) in [6.07, 6.45) is 2.03. The topological polar surface area (TPSA) is 54.8 Å². The zero-order valence-electron chi connectivity index (χ0n) is 32.6. The third kappa shape index (κ3) is 5.27. The molecule has 6 aromatic rings. The Hall–Kier alpha value is -4.38. The van der Waals surface area contributed by atoms with Gasteiger partial charge < -0.3 is 4.90 Å². The minimum atomic E-state index is -0.211. The van der Waals surface area contributed by atoms with Crippen molar-refractivity contribution < 1.29 is 0 Å². The van der Waals surface area contributed by atoms with Crippen LogP contribution in [-0.4, -0.2) is 19.9 Å². The molecule has 3 aromatic heterocycles. The average molecular weight is 664 g/mol. The number of hydrogen-bond donors (Lipinski definition) is 0. The van der Waals surface area contributed by atoms with Gasteiger partial charge in [0.25, 0.3) is 0 Å². The van der Waals surface area contributed by atoms with E-state index in [1.165, 1.54) is 28.1 Å². The summed E-state index contributed by atoms with van der Waals surface area (Å²) in [6.45, 7) is 31.7. The van der Waals surface area contributed by atoms with Gasteiger partial charge in [-0.15, -0.1) is 0 Å². The molecular formula is C45H53N5. The molecule has 4 heterocycles. The minimum Gasteiger partial charge on any atom is -0.308 e. The Kier molecular flexibility index (Phi) is 7.37. The zero-order valence-corrected chi connectivity index (χ0v) is 32.6. The Morgan fingerprint density at radius 1 is 0.500 bits per heavy atom. The predicted octanol–water partition coefficient (Wildman–Crippen LogP) is 12.0. The molecule has 0 atom stereocenters. The first-order valence-electron chi connectivity index (χ1n) is 18.1. The Morgan fingerprint density at radius 2 is 0.920 bits per heavy atom. The fourth-order valence-electron chi connectivity index (χ4n) is 7.77. The lowest BCUT2D eigenvalue weighted by Gasteiger charge is -2.41. The highest BCUT2D eigenvalue weighted by atomic mass is 15.2. The molecule has 1 aliphatic heterocycles. The van der Waals surface area contributed by atoms with Crippen LogP contribution in [0.4, 0.5) is 17.1 Å². The fourth-order valence-corrected chi connectivity index (χ4v) is 7.77. The van der Waals surface area contributed by atoms with Crippen LogP contribution in [0.3, 0.4) is 0 Å². The normalized spacial score (nSPS) is 15.1. The van der Waals surface area contributed by atoms with Crippen LogP contribution in [0.2, 0.25) is 0 Å². The van der Waals surface area contributed by atoms with E-state index in [4.69, 9.17) is 19.9 Å². The number of benzene rings is 3. The lowest BCUT2D eigenvalue weighted by Crippen LogP contribution is -2.30. The van der Waals surface area contributed by atoms with Gasteiger partial charge in [-0.1, -0.05) is 133 Å². The van der Waals surface area contributed by atoms with Crippen molar-refractivity contribution in [3.8, 4) is 0 Å². The van der Waals surface area contributed by atoms with Crippen LogP contribution in [0.1, 0.15) is 131 Å². The number of hydrogen-bond acceptors (Lipinski definition) is 5. The van der Waals surface area contributed by atoms with Crippen LogP contribution in [0, 0.1) is 0 Å². The van der Waals surface area contributed by atoms with Crippen molar-refractivity contribution in [1.29, 1.82) is 0 Å². The quantitative estimate of drug-likeness (QED) is 0.164. The van der Waals surface area contributed by atoms with Crippen LogP contribution >= 0.6 is 0 Å². The van der Waals surface area contributed by atoms with Gasteiger partial charge in [-0.05, 0) is 46.4 Å². The monoisotopic (exact) mass is 663 g/mol. The van der Waals surface area contributed by atoms with Crippen molar-refractivity contribution in [3.63, 3.8) is 0 Å². The molecule has 0 aliphatic carbocycles. The summed E-state index contributed by atoms with van der Waals surface area (Å²) < 4.78 is 0. The maximum Gasteiger partial charge on any atom is 0.0993 e. The first-order valence-corrected chi connectivity index (χ1v) is 18.1. The molecule has 0 saturated carbocycles. The van der Waals surface area contributed by atoms with Crippen molar-refractivity contribution in [3.05, 3.63) is 101 Å². The van der Waals surface area contributed by atoms with E-state index in [1.54, 1.807) is 0 Å². The Labute approximate surface area is 298 Å². The van der Waals surface area contributed by atoms with Gasteiger partial charge in [0.05, 0.1) is 62.4 Å². The molecule has 0 saturated heterocycles. The lowest BCUT2D eigenvalue weighted by molar-refractivity contribution is 0.502. The summed E-state index contributed by atoms with van der Waals surface area (Å²) >= 11 is 0. The number of aromatic nitrogens is 4. The van der Waals surface area contributed by atoms with Gasteiger partial charge in [-0.3, -0.25) is 4.98 Å². The third-order valence-electron chi connectivity index (χ3n) is 10.4. The highest BCUT2D eigenvalue weighted by molar-refractivity contribution is 6.21. The van der Waals surface area contributed by atoms with Crippen LogP contribution in [0.5, 0.6) is 0 Å². The fraction of sp³-hybridized carbons (Fsp3) is 0.422. The molecule has 0 N–H and O–H groups in total. The van der Waals surface area contributed by atoms with Crippen molar-refractivity contribution in [1.82, 2.24) is 19.9 Å². The molecule has 3 aromatic carbocycles. The Balaban J connectivity index is 1.66. The number of rotatable bonds is 1. The first-order chi connectivity index (χ1) is 23.1. The van der Waals surface area contributed by atoms with Gasteiger partial charge in [0.15, 0.2) is 0 Å². The van der Waals surface area contributed by atoms with E-state index in [0.717, 1.165) is 55.6 Å². The Morgan fingerprint density at radius 3 is 1.38 bits per heavy atom. The van der Waals surface area contributed by atoms with Crippen molar-refractivity contribution in [2.24, 2.45) is 0 Å². The van der Waals surface area contributed by atoms with Gasteiger partial charge in [0, 0.05) is 32.4 Å². The summed E-state index contributed by atoms with van der Waals surface area (Å²) in [5.74, 6) is 0. The van der Waals surface area contributed by atoms with E-state index in [0.29, 0.717) is 0 Å². The van der Waals surface area contributed by atoms with Crippen LogP contribution in [0.25, 0.3) is 32.8 Å². The van der Waals surface area contributed by atoms with Crippen molar-refractivity contribution >= 4 is 49.9 Å². The molecule has 0 radical (unpaired) electrons. The van der Waals surface area contributed by atoms with Crippen LogP contribution < -0.4 is 4.90 Å². The molecule has 0 fully saturated rings. The molecule has 1 aliphatic rings. The van der Waals surface area contributed by atoms with Crippen molar-refractivity contribution in [2.45, 2.75) is 124 Å². The zero-order chi connectivity index (χ0) is 36.3. The highest BCUT2D eigenvalue weighted by Crippen LogP contribution is 2.52.